The summed E-state index contributed by atoms with van der Waals surface area (Å²) in [6.45, 7) is 1.11. The predicted molar refractivity (Wildman–Crippen MR) is 76.5 cm³/mol. The molecule has 0 radical (unpaired) electrons. The second kappa shape index (κ2) is 6.22. The van der Waals surface area contributed by atoms with Crippen molar-refractivity contribution in [1.29, 1.82) is 0 Å². The molecule has 2 rings (SSSR count). The first kappa shape index (κ1) is 14.8. The Morgan fingerprint density at radius 2 is 1.84 bits per heavy atom. The fourth-order valence-electron chi connectivity index (χ4n) is 2.20. The van der Waals surface area contributed by atoms with Crippen molar-refractivity contribution in [3.8, 4) is 0 Å². The van der Waals surface area contributed by atoms with E-state index in [9.17, 15) is 13.6 Å². The number of nitrogens with zero attached hydrogens (tertiary/aromatic N) is 1. The van der Waals surface area contributed by atoms with Crippen LogP contribution in [0, 0.1) is 11.6 Å². The smallest absolute Gasteiger partial charge is 0.259 e. The highest BCUT2D eigenvalue weighted by molar-refractivity contribution is 9.10. The Bertz CT molecular complexity index is 467. The number of hydrogen-bond donors (Lipinski definition) is 0. The van der Waals surface area contributed by atoms with Crippen LogP contribution in [0.4, 0.5) is 8.78 Å². The van der Waals surface area contributed by atoms with Gasteiger partial charge >= 0.3 is 0 Å². The number of likely N-dealkylation sites (tertiary alicyclic amines) is 1. The summed E-state index contributed by atoms with van der Waals surface area (Å²) in [5.41, 5.74) is -0.453. The number of thioether (sulfide) groups is 1. The Morgan fingerprint density at radius 1 is 1.32 bits per heavy atom. The number of carbonyl (C=O) groups excluding carboxylic acids is 1. The van der Waals surface area contributed by atoms with Gasteiger partial charge in [-0.1, -0.05) is 15.9 Å². The van der Waals surface area contributed by atoms with Crippen molar-refractivity contribution < 1.29 is 13.6 Å². The van der Waals surface area contributed by atoms with Crippen molar-refractivity contribution in [2.75, 3.05) is 19.3 Å². The van der Waals surface area contributed by atoms with Gasteiger partial charge in [0, 0.05) is 22.8 Å². The third-order valence-electron chi connectivity index (χ3n) is 3.28. The van der Waals surface area contributed by atoms with Gasteiger partial charge < -0.3 is 4.90 Å². The molecule has 1 aliphatic heterocycles. The molecule has 0 atom stereocenters. The van der Waals surface area contributed by atoms with Crippen LogP contribution in [-0.2, 0) is 0 Å². The summed E-state index contributed by atoms with van der Waals surface area (Å²) in [5.74, 6) is -2.19. The number of halogens is 3. The molecule has 2 nitrogen and oxygen atoms in total. The summed E-state index contributed by atoms with van der Waals surface area (Å²) >= 11 is 4.77. The molecule has 0 aliphatic carbocycles. The molecule has 0 spiro atoms. The topological polar surface area (TPSA) is 20.3 Å². The van der Waals surface area contributed by atoms with E-state index in [0.717, 1.165) is 25.0 Å². The fourth-order valence-corrected chi connectivity index (χ4v) is 3.28. The molecule has 1 fully saturated rings. The average Bonchev–Trinajstić information content (AvgIpc) is 2.37. The minimum atomic E-state index is -0.816. The van der Waals surface area contributed by atoms with E-state index in [1.54, 1.807) is 11.8 Å². The van der Waals surface area contributed by atoms with Crippen molar-refractivity contribution in [3.63, 3.8) is 0 Å². The highest BCUT2D eigenvalue weighted by Gasteiger charge is 2.27. The monoisotopic (exact) mass is 349 g/mol. The van der Waals surface area contributed by atoms with E-state index in [1.807, 2.05) is 6.26 Å². The summed E-state index contributed by atoms with van der Waals surface area (Å²) in [6, 6.07) is 2.23. The molecular weight excluding hydrogens is 336 g/mol. The van der Waals surface area contributed by atoms with Crippen LogP contribution in [-0.4, -0.2) is 35.4 Å². The van der Waals surface area contributed by atoms with Gasteiger partial charge in [0.2, 0.25) is 0 Å². The molecule has 0 N–H and O–H groups in total. The van der Waals surface area contributed by atoms with E-state index in [1.165, 1.54) is 4.90 Å². The first-order valence-electron chi connectivity index (χ1n) is 5.99. The number of amides is 1. The molecule has 1 amide bonds. The lowest BCUT2D eigenvalue weighted by Crippen LogP contribution is -2.40. The van der Waals surface area contributed by atoms with Gasteiger partial charge in [-0.3, -0.25) is 4.79 Å². The van der Waals surface area contributed by atoms with E-state index >= 15 is 0 Å². The van der Waals surface area contributed by atoms with Crippen LogP contribution in [0.25, 0.3) is 0 Å². The zero-order valence-corrected chi connectivity index (χ0v) is 12.9. The second-order valence-electron chi connectivity index (χ2n) is 4.47. The Hall–Kier alpha value is -0.620. The van der Waals surface area contributed by atoms with Crippen LogP contribution in [0.5, 0.6) is 0 Å². The van der Waals surface area contributed by atoms with Gasteiger partial charge in [-0.15, -0.1) is 0 Å². The molecule has 1 aliphatic rings. The molecule has 0 bridgehead atoms. The molecule has 19 heavy (non-hydrogen) atoms. The standard InChI is InChI=1S/C13H14BrF2NOS/c1-19-9-2-4-17(5-3-9)13(18)12-10(15)6-8(14)7-11(12)16/h6-7,9H,2-5H2,1H3. The first-order chi connectivity index (χ1) is 9.02. The van der Waals surface area contributed by atoms with Crippen LogP contribution in [0.3, 0.4) is 0 Å². The summed E-state index contributed by atoms with van der Waals surface area (Å²) < 4.78 is 27.8. The second-order valence-corrected chi connectivity index (χ2v) is 6.53. The van der Waals surface area contributed by atoms with Gasteiger partial charge in [-0.25, -0.2) is 8.78 Å². The van der Waals surface area contributed by atoms with Crippen LogP contribution in [0.2, 0.25) is 0 Å². The summed E-state index contributed by atoms with van der Waals surface area (Å²) in [6.07, 6.45) is 3.77. The van der Waals surface area contributed by atoms with Crippen LogP contribution in [0.1, 0.15) is 23.2 Å². The van der Waals surface area contributed by atoms with Gasteiger partial charge in [-0.05, 0) is 31.2 Å². The van der Waals surface area contributed by atoms with Crippen molar-refractivity contribution in [3.05, 3.63) is 33.8 Å². The molecule has 1 heterocycles. The number of benzene rings is 1. The Kier molecular flexibility index (Phi) is 4.84. The molecule has 6 heteroatoms. The van der Waals surface area contributed by atoms with E-state index in [-0.39, 0.29) is 0 Å². The van der Waals surface area contributed by atoms with E-state index in [4.69, 9.17) is 0 Å². The quantitative estimate of drug-likeness (QED) is 0.811. The largest absolute Gasteiger partial charge is 0.338 e. The van der Waals surface area contributed by atoms with Crippen molar-refractivity contribution in [2.24, 2.45) is 0 Å². The Morgan fingerprint density at radius 3 is 2.32 bits per heavy atom. The van der Waals surface area contributed by atoms with E-state index < -0.39 is 23.1 Å². The van der Waals surface area contributed by atoms with Crippen LogP contribution in [0.15, 0.2) is 16.6 Å². The van der Waals surface area contributed by atoms with Gasteiger partial charge in [0.1, 0.15) is 17.2 Å². The number of rotatable bonds is 2. The molecule has 1 aromatic carbocycles. The maximum Gasteiger partial charge on any atom is 0.259 e. The average molecular weight is 350 g/mol. The van der Waals surface area contributed by atoms with Crippen LogP contribution >= 0.6 is 27.7 Å². The lowest BCUT2D eigenvalue weighted by atomic mass is 10.1. The summed E-state index contributed by atoms with van der Waals surface area (Å²) in [5, 5.41) is 0.531. The van der Waals surface area contributed by atoms with E-state index in [2.05, 4.69) is 15.9 Å². The number of hydrogen-bond acceptors (Lipinski definition) is 2. The molecule has 0 saturated carbocycles. The zero-order valence-electron chi connectivity index (χ0n) is 10.5. The Labute approximate surface area is 123 Å². The van der Waals surface area contributed by atoms with Crippen molar-refractivity contribution >= 4 is 33.6 Å². The minimum Gasteiger partial charge on any atom is -0.338 e. The number of piperidine rings is 1. The lowest BCUT2D eigenvalue weighted by Gasteiger charge is -2.31. The first-order valence-corrected chi connectivity index (χ1v) is 8.07. The van der Waals surface area contributed by atoms with Crippen molar-refractivity contribution in [1.82, 2.24) is 4.90 Å². The Balaban J connectivity index is 2.17. The fraction of sp³-hybridized carbons (Fsp3) is 0.462. The highest BCUT2D eigenvalue weighted by Crippen LogP contribution is 2.25. The molecule has 104 valence electrons. The van der Waals surface area contributed by atoms with Gasteiger partial charge in [0.25, 0.3) is 5.91 Å². The molecule has 0 unspecified atom stereocenters. The SMILES string of the molecule is CSC1CCN(C(=O)c2c(F)cc(Br)cc2F)CC1. The van der Waals surface area contributed by atoms with Gasteiger partial charge in [0.15, 0.2) is 0 Å². The maximum atomic E-state index is 13.7. The molecule has 1 saturated heterocycles. The third kappa shape index (κ3) is 3.28. The third-order valence-corrected chi connectivity index (χ3v) is 4.88. The normalized spacial score (nSPS) is 16.7. The lowest BCUT2D eigenvalue weighted by molar-refractivity contribution is 0.0717. The van der Waals surface area contributed by atoms with E-state index in [0.29, 0.717) is 22.8 Å². The summed E-state index contributed by atoms with van der Waals surface area (Å²) in [4.78, 5) is 13.7. The predicted octanol–water partition coefficient (Wildman–Crippen LogP) is 3.69. The van der Waals surface area contributed by atoms with Gasteiger partial charge in [0.05, 0.1) is 0 Å². The molecule has 0 aromatic heterocycles. The summed E-state index contributed by atoms with van der Waals surface area (Å²) in [7, 11) is 0. The van der Waals surface area contributed by atoms with Crippen molar-refractivity contribution in [2.45, 2.75) is 18.1 Å². The van der Waals surface area contributed by atoms with Crippen LogP contribution < -0.4 is 0 Å². The zero-order chi connectivity index (χ0) is 14.0. The maximum absolute atomic E-state index is 13.7. The highest BCUT2D eigenvalue weighted by atomic mass is 79.9. The minimum absolute atomic E-state index is 0.292. The molecular formula is C13H14BrF2NOS. The molecule has 1 aromatic rings. The van der Waals surface area contributed by atoms with Gasteiger partial charge in [-0.2, -0.15) is 11.8 Å². The number of carbonyl (C=O) groups is 1.